The fraction of sp³-hybridized carbons (Fsp3) is 0.500. The van der Waals surface area contributed by atoms with Crippen molar-refractivity contribution < 1.29 is 14.8 Å². The van der Waals surface area contributed by atoms with Crippen LogP contribution in [0.3, 0.4) is 0 Å². The molecule has 0 aliphatic carbocycles. The van der Waals surface area contributed by atoms with Crippen molar-refractivity contribution in [2.45, 2.75) is 19.6 Å². The van der Waals surface area contributed by atoms with Crippen LogP contribution in [0, 0.1) is 10.1 Å². The number of rotatable bonds is 3. The first kappa shape index (κ1) is 12.8. The molecule has 1 unspecified atom stereocenters. The van der Waals surface area contributed by atoms with E-state index in [1.807, 2.05) is 6.92 Å². The van der Waals surface area contributed by atoms with Crippen molar-refractivity contribution >= 4 is 11.4 Å². The Kier molecular flexibility index (Phi) is 3.78. The maximum absolute atomic E-state index is 10.7. The van der Waals surface area contributed by atoms with E-state index in [2.05, 4.69) is 4.90 Å². The Hall–Kier alpha value is -1.66. The number of benzene rings is 1. The summed E-state index contributed by atoms with van der Waals surface area (Å²) in [5.74, 6) is 0. The second-order valence-electron chi connectivity index (χ2n) is 4.36. The number of hydrogen-bond donors (Lipinski definition) is 1. The SMILES string of the molecule is CC1CN(c2ccc([N+](=O)[O-])cc2CO)CCO1. The zero-order valence-electron chi connectivity index (χ0n) is 10.2. The highest BCUT2D eigenvalue weighted by atomic mass is 16.6. The minimum absolute atomic E-state index is 0.00380. The fourth-order valence-corrected chi connectivity index (χ4v) is 2.16. The van der Waals surface area contributed by atoms with Crippen LogP contribution < -0.4 is 4.90 Å². The van der Waals surface area contributed by atoms with E-state index < -0.39 is 4.92 Å². The molecule has 1 aromatic rings. The largest absolute Gasteiger partial charge is 0.392 e. The number of nitro benzene ring substituents is 1. The summed E-state index contributed by atoms with van der Waals surface area (Å²) in [7, 11) is 0. The number of hydrogen-bond acceptors (Lipinski definition) is 5. The van der Waals surface area contributed by atoms with Gasteiger partial charge in [0.05, 0.1) is 24.2 Å². The summed E-state index contributed by atoms with van der Waals surface area (Å²) < 4.78 is 5.45. The molecule has 0 bridgehead atoms. The lowest BCUT2D eigenvalue weighted by atomic mass is 10.1. The molecule has 1 fully saturated rings. The third kappa shape index (κ3) is 2.60. The standard InChI is InChI=1S/C12H16N2O4/c1-9-7-13(4-5-18-9)12-3-2-11(14(16)17)6-10(12)8-15/h2-3,6,9,15H,4-5,7-8H2,1H3. The van der Waals surface area contributed by atoms with Gasteiger partial charge in [-0.25, -0.2) is 0 Å². The Morgan fingerprint density at radius 2 is 2.39 bits per heavy atom. The van der Waals surface area contributed by atoms with Gasteiger partial charge in [0.2, 0.25) is 0 Å². The number of non-ortho nitro benzene ring substituents is 1. The molecular weight excluding hydrogens is 236 g/mol. The third-order valence-corrected chi connectivity index (χ3v) is 3.03. The average molecular weight is 252 g/mol. The summed E-state index contributed by atoms with van der Waals surface area (Å²) in [5, 5.41) is 20.0. The Bertz CT molecular complexity index is 450. The van der Waals surface area contributed by atoms with E-state index in [1.165, 1.54) is 12.1 Å². The molecule has 0 spiro atoms. The van der Waals surface area contributed by atoms with Crippen molar-refractivity contribution in [3.05, 3.63) is 33.9 Å². The van der Waals surface area contributed by atoms with Gasteiger partial charge in [-0.3, -0.25) is 10.1 Å². The molecule has 1 atom stereocenters. The Morgan fingerprint density at radius 1 is 1.61 bits per heavy atom. The Balaban J connectivity index is 2.29. The summed E-state index contributed by atoms with van der Waals surface area (Å²) in [6.45, 7) is 3.86. The first-order valence-electron chi connectivity index (χ1n) is 5.86. The highest BCUT2D eigenvalue weighted by Crippen LogP contribution is 2.27. The number of nitro groups is 1. The van der Waals surface area contributed by atoms with Crippen molar-refractivity contribution in [2.24, 2.45) is 0 Å². The maximum Gasteiger partial charge on any atom is 0.269 e. The van der Waals surface area contributed by atoms with E-state index in [9.17, 15) is 15.2 Å². The fourth-order valence-electron chi connectivity index (χ4n) is 2.16. The normalized spacial score (nSPS) is 19.9. The van der Waals surface area contributed by atoms with E-state index in [1.54, 1.807) is 6.07 Å². The number of morpholine rings is 1. The van der Waals surface area contributed by atoms with Crippen LogP contribution in [0.25, 0.3) is 0 Å². The topological polar surface area (TPSA) is 75.8 Å². The van der Waals surface area contributed by atoms with Gasteiger partial charge in [-0.1, -0.05) is 0 Å². The van der Waals surface area contributed by atoms with Crippen molar-refractivity contribution in [2.75, 3.05) is 24.6 Å². The van der Waals surface area contributed by atoms with Crippen molar-refractivity contribution in [3.8, 4) is 0 Å². The quantitative estimate of drug-likeness (QED) is 0.648. The van der Waals surface area contributed by atoms with Crippen LogP contribution in [-0.2, 0) is 11.3 Å². The second-order valence-corrected chi connectivity index (χ2v) is 4.36. The van der Waals surface area contributed by atoms with Crippen molar-refractivity contribution in [1.29, 1.82) is 0 Å². The molecule has 18 heavy (non-hydrogen) atoms. The molecule has 2 rings (SSSR count). The van der Waals surface area contributed by atoms with Gasteiger partial charge < -0.3 is 14.7 Å². The van der Waals surface area contributed by atoms with E-state index in [4.69, 9.17) is 4.74 Å². The van der Waals surface area contributed by atoms with Gasteiger partial charge in [-0.2, -0.15) is 0 Å². The summed E-state index contributed by atoms with van der Waals surface area (Å²) in [4.78, 5) is 12.3. The zero-order chi connectivity index (χ0) is 13.1. The van der Waals surface area contributed by atoms with E-state index in [-0.39, 0.29) is 18.4 Å². The number of aliphatic hydroxyl groups excluding tert-OH is 1. The van der Waals surface area contributed by atoms with Crippen LogP contribution >= 0.6 is 0 Å². The second kappa shape index (κ2) is 5.32. The molecule has 98 valence electrons. The van der Waals surface area contributed by atoms with E-state index in [0.29, 0.717) is 12.2 Å². The minimum atomic E-state index is -0.453. The summed E-state index contributed by atoms with van der Waals surface area (Å²) in [6, 6.07) is 4.59. The number of ether oxygens (including phenoxy) is 1. The predicted octanol–water partition coefficient (Wildman–Crippen LogP) is 1.31. The van der Waals surface area contributed by atoms with Gasteiger partial charge in [0.15, 0.2) is 0 Å². The number of aliphatic hydroxyl groups is 1. The average Bonchev–Trinajstić information content (AvgIpc) is 2.37. The van der Waals surface area contributed by atoms with Crippen LogP contribution in [0.2, 0.25) is 0 Å². The molecule has 1 saturated heterocycles. The molecule has 6 heteroatoms. The van der Waals surface area contributed by atoms with Crippen LogP contribution in [0.4, 0.5) is 11.4 Å². The summed E-state index contributed by atoms with van der Waals surface area (Å²) >= 11 is 0. The molecule has 1 heterocycles. The highest BCUT2D eigenvalue weighted by Gasteiger charge is 2.20. The van der Waals surface area contributed by atoms with Gasteiger partial charge in [-0.05, 0) is 13.0 Å². The van der Waals surface area contributed by atoms with Gasteiger partial charge >= 0.3 is 0 Å². The molecule has 1 aliphatic rings. The molecule has 1 N–H and O–H groups in total. The van der Waals surface area contributed by atoms with Gasteiger partial charge in [0, 0.05) is 36.5 Å². The van der Waals surface area contributed by atoms with Gasteiger partial charge in [-0.15, -0.1) is 0 Å². The zero-order valence-corrected chi connectivity index (χ0v) is 10.2. The molecule has 0 amide bonds. The summed E-state index contributed by atoms with van der Waals surface area (Å²) in [5.41, 5.74) is 1.43. The van der Waals surface area contributed by atoms with Crippen LogP contribution in [0.5, 0.6) is 0 Å². The predicted molar refractivity (Wildman–Crippen MR) is 66.6 cm³/mol. The maximum atomic E-state index is 10.7. The van der Waals surface area contributed by atoms with Gasteiger partial charge in [0.25, 0.3) is 5.69 Å². The van der Waals surface area contributed by atoms with Crippen LogP contribution in [-0.4, -0.2) is 35.8 Å². The van der Waals surface area contributed by atoms with Crippen LogP contribution in [0.1, 0.15) is 12.5 Å². The van der Waals surface area contributed by atoms with E-state index >= 15 is 0 Å². The number of nitrogens with zero attached hydrogens (tertiary/aromatic N) is 2. The monoisotopic (exact) mass is 252 g/mol. The van der Waals surface area contributed by atoms with E-state index in [0.717, 1.165) is 18.8 Å². The Labute approximate surface area is 105 Å². The molecule has 0 aromatic heterocycles. The van der Waals surface area contributed by atoms with Gasteiger partial charge in [0.1, 0.15) is 0 Å². The molecule has 0 radical (unpaired) electrons. The lowest BCUT2D eigenvalue weighted by Crippen LogP contribution is -2.41. The van der Waals surface area contributed by atoms with Crippen molar-refractivity contribution in [1.82, 2.24) is 0 Å². The molecular formula is C12H16N2O4. The van der Waals surface area contributed by atoms with Crippen LogP contribution in [0.15, 0.2) is 18.2 Å². The third-order valence-electron chi connectivity index (χ3n) is 3.03. The lowest BCUT2D eigenvalue weighted by molar-refractivity contribution is -0.384. The molecule has 1 aromatic carbocycles. The minimum Gasteiger partial charge on any atom is -0.392 e. The smallest absolute Gasteiger partial charge is 0.269 e. The molecule has 6 nitrogen and oxygen atoms in total. The molecule has 0 saturated carbocycles. The Morgan fingerprint density at radius 3 is 3.00 bits per heavy atom. The van der Waals surface area contributed by atoms with Crippen molar-refractivity contribution in [3.63, 3.8) is 0 Å². The first-order chi connectivity index (χ1) is 8.61. The lowest BCUT2D eigenvalue weighted by Gasteiger charge is -2.34. The number of anilines is 1. The molecule has 1 aliphatic heterocycles. The summed E-state index contributed by atoms with van der Waals surface area (Å²) in [6.07, 6.45) is 0.125. The highest BCUT2D eigenvalue weighted by molar-refractivity contribution is 5.58. The first-order valence-corrected chi connectivity index (χ1v) is 5.86.